The van der Waals surface area contributed by atoms with Crippen molar-refractivity contribution in [2.75, 3.05) is 0 Å². The third kappa shape index (κ3) is 2.26. The van der Waals surface area contributed by atoms with Crippen LogP contribution < -0.4 is 5.73 Å². The van der Waals surface area contributed by atoms with E-state index in [1.54, 1.807) is 24.7 Å². The second-order valence-electron chi connectivity index (χ2n) is 3.75. The highest BCUT2D eigenvalue weighted by atomic mass is 32.2. The molecule has 0 aliphatic rings. The van der Waals surface area contributed by atoms with Crippen molar-refractivity contribution in [2.45, 2.75) is 10.1 Å². The molecule has 0 aromatic carbocycles. The first-order valence-corrected chi connectivity index (χ1v) is 6.35. The van der Waals surface area contributed by atoms with Crippen molar-refractivity contribution in [1.82, 2.24) is 24.9 Å². The van der Waals surface area contributed by atoms with E-state index in [1.807, 2.05) is 0 Å². The minimum atomic E-state index is 0.0311. The van der Waals surface area contributed by atoms with Crippen molar-refractivity contribution >= 4 is 28.8 Å². The molecule has 0 aliphatic heterocycles. The lowest BCUT2D eigenvalue weighted by Gasteiger charge is -2.03. The van der Waals surface area contributed by atoms with Gasteiger partial charge in [-0.3, -0.25) is 0 Å². The van der Waals surface area contributed by atoms with Crippen molar-refractivity contribution in [2.24, 2.45) is 10.9 Å². The molecule has 20 heavy (non-hydrogen) atoms. The van der Waals surface area contributed by atoms with E-state index in [0.717, 1.165) is 5.52 Å². The summed E-state index contributed by atoms with van der Waals surface area (Å²) in [7, 11) is 0. The SMILES string of the molecule is NC(=NO)c1ccnc(Sc2ncnc3nc[nH]c23)c1. The number of pyridine rings is 1. The standard InChI is InChI=1S/C11H9N7OS/c12-9(18-19)6-1-2-13-7(3-6)20-11-8-10(15-4-14-8)16-5-17-11/h1-5,19H,(H2,12,18)(H,14,15,16,17). The maximum Gasteiger partial charge on any atom is 0.181 e. The van der Waals surface area contributed by atoms with Crippen molar-refractivity contribution in [3.05, 3.63) is 36.5 Å². The number of nitrogens with zero attached hydrogens (tertiary/aromatic N) is 5. The summed E-state index contributed by atoms with van der Waals surface area (Å²) in [5, 5.41) is 13.0. The van der Waals surface area contributed by atoms with Crippen LogP contribution >= 0.6 is 11.8 Å². The Labute approximate surface area is 117 Å². The monoisotopic (exact) mass is 287 g/mol. The third-order valence-electron chi connectivity index (χ3n) is 2.53. The summed E-state index contributed by atoms with van der Waals surface area (Å²) in [6.45, 7) is 0. The van der Waals surface area contributed by atoms with Gasteiger partial charge in [0.05, 0.1) is 6.33 Å². The molecule has 3 rings (SSSR count). The summed E-state index contributed by atoms with van der Waals surface area (Å²) >= 11 is 1.34. The summed E-state index contributed by atoms with van der Waals surface area (Å²) in [6, 6.07) is 3.37. The van der Waals surface area contributed by atoms with Crippen LogP contribution in [0.3, 0.4) is 0 Å². The highest BCUT2D eigenvalue weighted by Gasteiger charge is 2.09. The number of aromatic nitrogens is 5. The van der Waals surface area contributed by atoms with E-state index in [2.05, 4.69) is 30.1 Å². The van der Waals surface area contributed by atoms with Crippen LogP contribution in [0.2, 0.25) is 0 Å². The van der Waals surface area contributed by atoms with E-state index >= 15 is 0 Å². The molecule has 0 amide bonds. The van der Waals surface area contributed by atoms with E-state index in [-0.39, 0.29) is 5.84 Å². The molecular formula is C11H9N7OS. The maximum absolute atomic E-state index is 8.68. The van der Waals surface area contributed by atoms with Crippen LogP contribution in [-0.2, 0) is 0 Å². The fourth-order valence-corrected chi connectivity index (χ4v) is 2.45. The summed E-state index contributed by atoms with van der Waals surface area (Å²) < 4.78 is 0. The number of oxime groups is 1. The first-order valence-electron chi connectivity index (χ1n) is 5.54. The average Bonchev–Trinajstić information content (AvgIpc) is 2.96. The van der Waals surface area contributed by atoms with E-state index in [1.165, 1.54) is 18.1 Å². The number of H-pyrrole nitrogens is 1. The molecule has 0 fully saturated rings. The lowest BCUT2D eigenvalue weighted by molar-refractivity contribution is 0.318. The predicted octanol–water partition coefficient (Wildman–Crippen LogP) is 0.994. The molecule has 0 atom stereocenters. The van der Waals surface area contributed by atoms with Crippen molar-refractivity contribution < 1.29 is 5.21 Å². The van der Waals surface area contributed by atoms with Crippen LogP contribution in [0.5, 0.6) is 0 Å². The van der Waals surface area contributed by atoms with Gasteiger partial charge in [-0.05, 0) is 23.9 Å². The quantitative estimate of drug-likeness (QED) is 0.215. The Hall–Kier alpha value is -2.68. The first kappa shape index (κ1) is 12.4. The zero-order valence-corrected chi connectivity index (χ0v) is 10.9. The van der Waals surface area contributed by atoms with Gasteiger partial charge in [0.1, 0.15) is 21.9 Å². The smallest absolute Gasteiger partial charge is 0.181 e. The Morgan fingerprint density at radius 3 is 3.05 bits per heavy atom. The van der Waals surface area contributed by atoms with Crippen LogP contribution in [0, 0.1) is 0 Å². The molecule has 8 nitrogen and oxygen atoms in total. The average molecular weight is 287 g/mol. The molecular weight excluding hydrogens is 278 g/mol. The molecule has 0 spiro atoms. The van der Waals surface area contributed by atoms with Crippen LogP contribution in [-0.4, -0.2) is 36.0 Å². The van der Waals surface area contributed by atoms with E-state index in [4.69, 9.17) is 10.9 Å². The van der Waals surface area contributed by atoms with E-state index in [0.29, 0.717) is 21.3 Å². The normalized spacial score (nSPS) is 11.9. The van der Waals surface area contributed by atoms with Gasteiger partial charge in [0.2, 0.25) is 0 Å². The molecule has 3 aromatic heterocycles. The molecule has 0 unspecified atom stereocenters. The predicted molar refractivity (Wildman–Crippen MR) is 72.6 cm³/mol. The van der Waals surface area contributed by atoms with E-state index < -0.39 is 0 Å². The summed E-state index contributed by atoms with van der Waals surface area (Å²) in [5.41, 5.74) is 7.47. The Bertz CT molecular complexity index is 785. The molecule has 3 aromatic rings. The molecule has 9 heteroatoms. The van der Waals surface area contributed by atoms with Crippen molar-refractivity contribution in [3.8, 4) is 0 Å². The molecule has 0 saturated heterocycles. The van der Waals surface area contributed by atoms with Gasteiger partial charge in [-0.2, -0.15) is 0 Å². The fraction of sp³-hybridized carbons (Fsp3) is 0. The number of aromatic amines is 1. The van der Waals surface area contributed by atoms with Crippen LogP contribution in [0.15, 0.2) is 46.2 Å². The highest BCUT2D eigenvalue weighted by Crippen LogP contribution is 2.28. The van der Waals surface area contributed by atoms with E-state index in [9.17, 15) is 0 Å². The molecule has 0 aliphatic carbocycles. The fourth-order valence-electron chi connectivity index (χ4n) is 1.60. The number of nitrogens with one attached hydrogen (secondary N) is 1. The summed E-state index contributed by atoms with van der Waals surface area (Å²) in [4.78, 5) is 19.5. The first-order chi connectivity index (χ1) is 9.78. The minimum absolute atomic E-state index is 0.0311. The van der Waals surface area contributed by atoms with Crippen LogP contribution in [0.1, 0.15) is 5.56 Å². The van der Waals surface area contributed by atoms with Gasteiger partial charge in [0.15, 0.2) is 11.5 Å². The Balaban J connectivity index is 1.97. The summed E-state index contributed by atoms with van der Waals surface area (Å²) in [5.74, 6) is 0.0311. The zero-order valence-electron chi connectivity index (χ0n) is 10.1. The number of hydrogen-bond donors (Lipinski definition) is 3. The lowest BCUT2D eigenvalue weighted by atomic mass is 10.2. The largest absolute Gasteiger partial charge is 0.409 e. The van der Waals surface area contributed by atoms with Gasteiger partial charge in [-0.25, -0.2) is 19.9 Å². The maximum atomic E-state index is 8.68. The Morgan fingerprint density at radius 1 is 1.30 bits per heavy atom. The number of fused-ring (bicyclic) bond motifs is 1. The number of nitrogens with two attached hydrogens (primary N) is 1. The second-order valence-corrected chi connectivity index (χ2v) is 4.76. The van der Waals surface area contributed by atoms with Crippen LogP contribution in [0.25, 0.3) is 11.2 Å². The van der Waals surface area contributed by atoms with Gasteiger partial charge in [0.25, 0.3) is 0 Å². The molecule has 3 heterocycles. The van der Waals surface area contributed by atoms with Gasteiger partial charge in [-0.15, -0.1) is 0 Å². The summed E-state index contributed by atoms with van der Waals surface area (Å²) in [6.07, 6.45) is 4.59. The number of imidazole rings is 1. The Morgan fingerprint density at radius 2 is 2.20 bits per heavy atom. The molecule has 0 radical (unpaired) electrons. The Kier molecular flexibility index (Phi) is 3.17. The van der Waals surface area contributed by atoms with Gasteiger partial charge in [0, 0.05) is 11.8 Å². The molecule has 100 valence electrons. The van der Waals surface area contributed by atoms with Gasteiger partial charge >= 0.3 is 0 Å². The van der Waals surface area contributed by atoms with Gasteiger partial charge in [-0.1, -0.05) is 5.16 Å². The zero-order chi connectivity index (χ0) is 13.9. The molecule has 0 saturated carbocycles. The number of hydrogen-bond acceptors (Lipinski definition) is 7. The van der Waals surface area contributed by atoms with Gasteiger partial charge < -0.3 is 15.9 Å². The third-order valence-corrected chi connectivity index (χ3v) is 3.46. The van der Waals surface area contributed by atoms with Crippen LogP contribution in [0.4, 0.5) is 0 Å². The topological polar surface area (TPSA) is 126 Å². The minimum Gasteiger partial charge on any atom is -0.409 e. The van der Waals surface area contributed by atoms with Crippen molar-refractivity contribution in [1.29, 1.82) is 0 Å². The highest BCUT2D eigenvalue weighted by molar-refractivity contribution is 7.99. The number of amidine groups is 1. The lowest BCUT2D eigenvalue weighted by Crippen LogP contribution is -2.13. The molecule has 0 bridgehead atoms. The van der Waals surface area contributed by atoms with Crippen molar-refractivity contribution in [3.63, 3.8) is 0 Å². The molecule has 4 N–H and O–H groups in total. The number of rotatable bonds is 3. The second kappa shape index (κ2) is 5.13.